The summed E-state index contributed by atoms with van der Waals surface area (Å²) in [7, 11) is 0. The topological polar surface area (TPSA) is 27.7 Å². The van der Waals surface area contributed by atoms with E-state index >= 15 is 0 Å². The molecular weight excluding hydrogens is 717 g/mol. The largest absolute Gasteiger partial charge is 0.307 e. The van der Waals surface area contributed by atoms with Crippen molar-refractivity contribution in [3.05, 3.63) is 206 Å². The zero-order valence-corrected chi connectivity index (χ0v) is 31.9. The number of fused-ring (bicyclic) bond motifs is 14. The van der Waals surface area contributed by atoms with Gasteiger partial charge in [-0.3, -0.25) is 4.57 Å². The highest BCUT2D eigenvalue weighted by atomic mass is 15.1. The molecule has 0 unspecified atom stereocenters. The molecule has 0 bridgehead atoms. The molecule has 3 heterocycles. The van der Waals surface area contributed by atoms with E-state index in [2.05, 4.69) is 220 Å². The molecule has 0 radical (unpaired) electrons. The molecule has 0 aliphatic rings. The van der Waals surface area contributed by atoms with Gasteiger partial charge in [0.2, 0.25) is 0 Å². The Balaban J connectivity index is 1.11. The Bertz CT molecular complexity index is 3830. The van der Waals surface area contributed by atoms with Crippen molar-refractivity contribution >= 4 is 87.0 Å². The highest BCUT2D eigenvalue weighted by molar-refractivity contribution is 6.25. The number of para-hydroxylation sites is 3. The van der Waals surface area contributed by atoms with Crippen molar-refractivity contribution in [1.29, 1.82) is 0 Å². The summed E-state index contributed by atoms with van der Waals surface area (Å²) in [6.45, 7) is 0. The maximum atomic E-state index is 5.55. The number of nitrogens with zero attached hydrogens (tertiary/aromatic N) is 4. The standard InChI is InChI=1S/C55H34N4/c1-2-16-38(17-3-1)57-49-24-12-10-20-43(49)47-32-33-48-44-21-11-13-25-50(44)58(54(48)53(47)57)39-28-30-40(31-29-39)59-52-46-23-9-7-19-42(46)41-18-6-8-22-45(41)51(52)56-55(59)37-27-26-35-14-4-5-15-36(35)34-37/h1-34H. The van der Waals surface area contributed by atoms with Crippen LogP contribution in [0.1, 0.15) is 0 Å². The number of hydrogen-bond acceptors (Lipinski definition) is 1. The zero-order valence-electron chi connectivity index (χ0n) is 31.9. The van der Waals surface area contributed by atoms with E-state index in [1.165, 1.54) is 70.5 Å². The second-order valence-electron chi connectivity index (χ2n) is 15.5. The van der Waals surface area contributed by atoms with Crippen LogP contribution in [0, 0.1) is 0 Å². The van der Waals surface area contributed by atoms with Crippen molar-refractivity contribution in [3.8, 4) is 28.5 Å². The molecule has 0 atom stereocenters. The Labute approximate surface area is 339 Å². The lowest BCUT2D eigenvalue weighted by atomic mass is 10.00. The summed E-state index contributed by atoms with van der Waals surface area (Å²) >= 11 is 0. The number of hydrogen-bond donors (Lipinski definition) is 0. The van der Waals surface area contributed by atoms with Crippen molar-refractivity contribution in [2.24, 2.45) is 0 Å². The molecule has 10 aromatic carbocycles. The van der Waals surface area contributed by atoms with Crippen molar-refractivity contribution < 1.29 is 0 Å². The van der Waals surface area contributed by atoms with Crippen LogP contribution in [-0.4, -0.2) is 18.7 Å². The van der Waals surface area contributed by atoms with Crippen LogP contribution < -0.4 is 0 Å². The SMILES string of the molecule is c1ccc(-n2c3ccccc3c3ccc4c5ccccc5n(-c5ccc(-n6c(-c7ccc8ccccc8c7)nc7c8ccccc8c8ccccc8c76)cc5)c4c32)cc1. The summed E-state index contributed by atoms with van der Waals surface area (Å²) < 4.78 is 7.29. The van der Waals surface area contributed by atoms with Gasteiger partial charge in [0.15, 0.2) is 0 Å². The summed E-state index contributed by atoms with van der Waals surface area (Å²) in [6, 6.07) is 74.8. The lowest BCUT2D eigenvalue weighted by Gasteiger charge is -2.15. The number of imidazole rings is 1. The monoisotopic (exact) mass is 750 g/mol. The van der Waals surface area contributed by atoms with Crippen molar-refractivity contribution in [3.63, 3.8) is 0 Å². The van der Waals surface area contributed by atoms with Crippen LogP contribution in [-0.2, 0) is 0 Å². The molecule has 3 aromatic heterocycles. The minimum Gasteiger partial charge on any atom is -0.307 e. The maximum absolute atomic E-state index is 5.55. The molecule has 0 fully saturated rings. The molecule has 0 N–H and O–H groups in total. The number of aromatic nitrogens is 4. The first-order valence-corrected chi connectivity index (χ1v) is 20.2. The van der Waals surface area contributed by atoms with Crippen LogP contribution in [0.25, 0.3) is 115 Å². The van der Waals surface area contributed by atoms with Gasteiger partial charge in [-0.15, -0.1) is 0 Å². The van der Waals surface area contributed by atoms with E-state index in [0.29, 0.717) is 0 Å². The molecule has 4 nitrogen and oxygen atoms in total. The highest BCUT2D eigenvalue weighted by Crippen LogP contribution is 2.43. The van der Waals surface area contributed by atoms with E-state index in [4.69, 9.17) is 4.98 Å². The van der Waals surface area contributed by atoms with Gasteiger partial charge in [0, 0.05) is 54.9 Å². The molecule has 0 saturated carbocycles. The average Bonchev–Trinajstić information content (AvgIpc) is 3.98. The van der Waals surface area contributed by atoms with Crippen LogP contribution >= 0.6 is 0 Å². The third kappa shape index (κ3) is 4.57. The van der Waals surface area contributed by atoms with Crippen molar-refractivity contribution in [2.45, 2.75) is 0 Å². The van der Waals surface area contributed by atoms with Crippen LogP contribution in [0.15, 0.2) is 206 Å². The van der Waals surface area contributed by atoms with E-state index in [-0.39, 0.29) is 0 Å². The zero-order chi connectivity index (χ0) is 38.6. The first-order chi connectivity index (χ1) is 29.3. The van der Waals surface area contributed by atoms with Gasteiger partial charge in [-0.1, -0.05) is 152 Å². The average molecular weight is 751 g/mol. The summed E-state index contributed by atoms with van der Waals surface area (Å²) in [4.78, 5) is 5.55. The lowest BCUT2D eigenvalue weighted by molar-refractivity contribution is 1.10. The molecule has 13 rings (SSSR count). The minimum atomic E-state index is 0.922. The summed E-state index contributed by atoms with van der Waals surface area (Å²) in [5, 5.41) is 12.1. The molecule has 4 heteroatoms. The molecule has 0 saturated heterocycles. The summed E-state index contributed by atoms with van der Waals surface area (Å²) in [6.07, 6.45) is 0. The molecule has 13 aromatic rings. The van der Waals surface area contributed by atoms with E-state index in [0.717, 1.165) is 44.9 Å². The fraction of sp³-hybridized carbons (Fsp3) is 0. The normalized spacial score (nSPS) is 12.1. The van der Waals surface area contributed by atoms with E-state index in [1.807, 2.05) is 0 Å². The Morgan fingerprint density at radius 2 is 0.746 bits per heavy atom. The predicted molar refractivity (Wildman–Crippen MR) is 248 cm³/mol. The van der Waals surface area contributed by atoms with Gasteiger partial charge in [0.05, 0.1) is 33.1 Å². The molecule has 0 aliphatic carbocycles. The fourth-order valence-corrected chi connectivity index (χ4v) is 9.84. The van der Waals surface area contributed by atoms with E-state index in [1.54, 1.807) is 0 Å². The molecule has 274 valence electrons. The third-order valence-electron chi connectivity index (χ3n) is 12.4. The molecule has 0 amide bonds. The fourth-order valence-electron chi connectivity index (χ4n) is 9.84. The summed E-state index contributed by atoms with van der Waals surface area (Å²) in [5.74, 6) is 0.922. The van der Waals surface area contributed by atoms with E-state index in [9.17, 15) is 0 Å². The first-order valence-electron chi connectivity index (χ1n) is 20.2. The Morgan fingerprint density at radius 3 is 1.39 bits per heavy atom. The van der Waals surface area contributed by atoms with Gasteiger partial charge in [0.25, 0.3) is 0 Å². The summed E-state index contributed by atoms with van der Waals surface area (Å²) in [5.41, 5.74) is 11.3. The van der Waals surface area contributed by atoms with Gasteiger partial charge < -0.3 is 9.13 Å². The molecular formula is C55H34N4. The van der Waals surface area contributed by atoms with Crippen LogP contribution in [0.2, 0.25) is 0 Å². The second kappa shape index (κ2) is 12.3. The quantitative estimate of drug-likeness (QED) is 0.165. The smallest absolute Gasteiger partial charge is 0.145 e. The molecule has 0 spiro atoms. The highest BCUT2D eigenvalue weighted by Gasteiger charge is 2.23. The predicted octanol–water partition coefficient (Wildman–Crippen LogP) is 14.3. The minimum absolute atomic E-state index is 0.922. The number of rotatable bonds is 4. The second-order valence-corrected chi connectivity index (χ2v) is 15.5. The van der Waals surface area contributed by atoms with Gasteiger partial charge in [0.1, 0.15) is 5.82 Å². The Kier molecular flexibility index (Phi) is 6.69. The van der Waals surface area contributed by atoms with Gasteiger partial charge in [-0.05, 0) is 76.1 Å². The van der Waals surface area contributed by atoms with Crippen molar-refractivity contribution in [1.82, 2.24) is 18.7 Å². The van der Waals surface area contributed by atoms with Crippen LogP contribution in [0.4, 0.5) is 0 Å². The first kappa shape index (κ1) is 32.2. The third-order valence-corrected chi connectivity index (χ3v) is 12.4. The Hall–Kier alpha value is -7.95. The van der Waals surface area contributed by atoms with Crippen LogP contribution in [0.3, 0.4) is 0 Å². The van der Waals surface area contributed by atoms with E-state index < -0.39 is 0 Å². The maximum Gasteiger partial charge on any atom is 0.145 e. The number of benzene rings is 10. The van der Waals surface area contributed by atoms with Gasteiger partial charge >= 0.3 is 0 Å². The van der Waals surface area contributed by atoms with Gasteiger partial charge in [-0.25, -0.2) is 4.98 Å². The van der Waals surface area contributed by atoms with Gasteiger partial charge in [-0.2, -0.15) is 0 Å². The lowest BCUT2D eigenvalue weighted by Crippen LogP contribution is -2.01. The Morgan fingerprint density at radius 1 is 0.288 bits per heavy atom. The van der Waals surface area contributed by atoms with Crippen molar-refractivity contribution in [2.75, 3.05) is 0 Å². The van der Waals surface area contributed by atoms with Crippen LogP contribution in [0.5, 0.6) is 0 Å². The molecule has 0 aliphatic heterocycles. The molecule has 59 heavy (non-hydrogen) atoms.